The molecule has 172 valence electrons. The highest BCUT2D eigenvalue weighted by molar-refractivity contribution is 6.05. The van der Waals surface area contributed by atoms with Gasteiger partial charge in [-0.2, -0.15) is 0 Å². The van der Waals surface area contributed by atoms with Gasteiger partial charge < -0.3 is 0 Å². The van der Waals surface area contributed by atoms with Crippen LogP contribution in [-0.2, 0) is 9.59 Å². The number of fused-ring (bicyclic) bond motifs is 5. The first kappa shape index (κ1) is 23.0. The third-order valence-corrected chi connectivity index (χ3v) is 10.5. The molecule has 0 heterocycles. The van der Waals surface area contributed by atoms with E-state index in [-0.39, 0.29) is 17.0 Å². The van der Waals surface area contributed by atoms with Gasteiger partial charge in [0, 0.05) is 18.4 Å². The van der Waals surface area contributed by atoms with Crippen molar-refractivity contribution < 1.29 is 9.59 Å². The zero-order chi connectivity index (χ0) is 22.6. The Balaban J connectivity index is 1.56. The summed E-state index contributed by atoms with van der Waals surface area (Å²) in [6.07, 6.45) is 15.2. The van der Waals surface area contributed by atoms with Crippen LogP contribution in [0.1, 0.15) is 92.9 Å². The summed E-state index contributed by atoms with van der Waals surface area (Å²) in [4.78, 5) is 25.2. The monoisotopic (exact) mass is 424 g/mol. The lowest BCUT2D eigenvalue weighted by atomic mass is 9.46. The first-order valence-corrected chi connectivity index (χ1v) is 13.1. The molecular formula is C29H44O2. The van der Waals surface area contributed by atoms with Crippen molar-refractivity contribution in [1.82, 2.24) is 0 Å². The molecule has 0 spiro atoms. The molecule has 0 saturated heterocycles. The van der Waals surface area contributed by atoms with Gasteiger partial charge in [0.05, 0.1) is 0 Å². The summed E-state index contributed by atoms with van der Waals surface area (Å²) in [6, 6.07) is 0. The van der Waals surface area contributed by atoms with E-state index in [4.69, 9.17) is 0 Å². The van der Waals surface area contributed by atoms with Crippen molar-refractivity contribution in [2.75, 3.05) is 0 Å². The van der Waals surface area contributed by atoms with Crippen molar-refractivity contribution in [2.24, 2.45) is 52.3 Å². The Bertz CT molecular complexity index is 789. The summed E-state index contributed by atoms with van der Waals surface area (Å²) in [5.41, 5.74) is 1.16. The molecular weight excluding hydrogens is 380 g/mol. The lowest BCUT2D eigenvalue weighted by Crippen LogP contribution is -2.53. The maximum Gasteiger partial charge on any atom is 0.159 e. The zero-order valence-corrected chi connectivity index (χ0v) is 20.7. The number of Topliss-reactive ketones (excluding diaryl/α,β-unsaturated/α-hetero) is 1. The lowest BCUT2D eigenvalue weighted by Gasteiger charge is -2.57. The van der Waals surface area contributed by atoms with Crippen LogP contribution < -0.4 is 0 Å². The highest BCUT2D eigenvalue weighted by atomic mass is 16.1. The fourth-order valence-electron chi connectivity index (χ4n) is 8.57. The highest BCUT2D eigenvalue weighted by Crippen LogP contribution is 2.67. The average Bonchev–Trinajstić information content (AvgIpc) is 3.07. The molecule has 0 amide bonds. The van der Waals surface area contributed by atoms with Crippen LogP contribution in [0.4, 0.5) is 0 Å². The van der Waals surface area contributed by atoms with Crippen LogP contribution in [0.2, 0.25) is 0 Å². The average molecular weight is 425 g/mol. The van der Waals surface area contributed by atoms with E-state index in [9.17, 15) is 9.59 Å². The molecule has 4 aliphatic carbocycles. The molecule has 0 aromatic rings. The topological polar surface area (TPSA) is 34.1 Å². The third-order valence-electron chi connectivity index (χ3n) is 10.5. The Morgan fingerprint density at radius 3 is 2.45 bits per heavy atom. The van der Waals surface area contributed by atoms with Crippen molar-refractivity contribution >= 4 is 11.6 Å². The Morgan fingerprint density at radius 1 is 1.03 bits per heavy atom. The fourth-order valence-corrected chi connectivity index (χ4v) is 8.57. The Hall–Kier alpha value is -1.18. The summed E-state index contributed by atoms with van der Waals surface area (Å²) in [7, 11) is 0. The van der Waals surface area contributed by atoms with E-state index in [0.29, 0.717) is 53.8 Å². The van der Waals surface area contributed by atoms with E-state index in [1.165, 1.54) is 32.1 Å². The third kappa shape index (κ3) is 3.70. The predicted octanol–water partition coefficient (Wildman–Crippen LogP) is 7.19. The molecule has 2 nitrogen and oxygen atoms in total. The molecule has 0 aliphatic heterocycles. The van der Waals surface area contributed by atoms with E-state index in [0.717, 1.165) is 17.9 Å². The molecule has 0 N–H and O–H groups in total. The van der Waals surface area contributed by atoms with E-state index in [1.807, 2.05) is 0 Å². The van der Waals surface area contributed by atoms with Crippen molar-refractivity contribution in [3.8, 4) is 0 Å². The SMILES string of the molecule is CCC(/C=C/[C@@H](C)[C@H]1CC[C@H]2[C@@H]3CC(=O)C4=CC(=O)CC[C@]4(C)[C@H]3CC[C@]12C)C(C)C. The van der Waals surface area contributed by atoms with Gasteiger partial charge in [0.15, 0.2) is 11.6 Å². The number of rotatable bonds is 5. The molecule has 2 heteroatoms. The normalized spacial score (nSPS) is 42.2. The molecule has 8 atom stereocenters. The molecule has 3 fully saturated rings. The molecule has 0 bridgehead atoms. The number of hydrogen-bond acceptors (Lipinski definition) is 2. The minimum atomic E-state index is -0.0650. The van der Waals surface area contributed by atoms with Gasteiger partial charge in [-0.25, -0.2) is 0 Å². The predicted molar refractivity (Wildman–Crippen MR) is 128 cm³/mol. The minimum absolute atomic E-state index is 0.0650. The van der Waals surface area contributed by atoms with Crippen molar-refractivity contribution in [3.05, 3.63) is 23.8 Å². The van der Waals surface area contributed by atoms with Crippen LogP contribution in [0, 0.1) is 52.3 Å². The van der Waals surface area contributed by atoms with Gasteiger partial charge >= 0.3 is 0 Å². The van der Waals surface area contributed by atoms with Crippen LogP contribution in [0.15, 0.2) is 23.8 Å². The van der Waals surface area contributed by atoms with E-state index >= 15 is 0 Å². The summed E-state index contributed by atoms with van der Waals surface area (Å²) in [5, 5.41) is 0. The molecule has 1 unspecified atom stereocenters. The number of hydrogen-bond donors (Lipinski definition) is 0. The van der Waals surface area contributed by atoms with Crippen LogP contribution in [-0.4, -0.2) is 11.6 Å². The molecule has 0 aromatic carbocycles. The quantitative estimate of drug-likeness (QED) is 0.438. The Kier molecular flexibility index (Phi) is 6.16. The molecule has 0 radical (unpaired) electrons. The number of allylic oxidation sites excluding steroid dienone is 3. The van der Waals surface area contributed by atoms with Crippen LogP contribution in [0.3, 0.4) is 0 Å². The lowest BCUT2D eigenvalue weighted by molar-refractivity contribution is -0.131. The van der Waals surface area contributed by atoms with Gasteiger partial charge in [0.25, 0.3) is 0 Å². The second-order valence-electron chi connectivity index (χ2n) is 12.2. The Morgan fingerprint density at radius 2 is 1.77 bits per heavy atom. The van der Waals surface area contributed by atoms with Gasteiger partial charge in [-0.3, -0.25) is 9.59 Å². The van der Waals surface area contributed by atoms with E-state index < -0.39 is 0 Å². The highest BCUT2D eigenvalue weighted by Gasteiger charge is 2.60. The van der Waals surface area contributed by atoms with Crippen LogP contribution in [0.25, 0.3) is 0 Å². The second-order valence-corrected chi connectivity index (χ2v) is 12.2. The molecule has 0 aromatic heterocycles. The van der Waals surface area contributed by atoms with Crippen LogP contribution >= 0.6 is 0 Å². The molecule has 3 saturated carbocycles. The minimum Gasteiger partial charge on any atom is -0.295 e. The second kappa shape index (κ2) is 8.31. The number of carbonyl (C=O) groups is 2. The van der Waals surface area contributed by atoms with E-state index in [1.54, 1.807) is 6.08 Å². The number of ketones is 2. The van der Waals surface area contributed by atoms with Gasteiger partial charge in [0.2, 0.25) is 0 Å². The largest absolute Gasteiger partial charge is 0.295 e. The molecule has 4 rings (SSSR count). The zero-order valence-electron chi connectivity index (χ0n) is 20.7. The van der Waals surface area contributed by atoms with Gasteiger partial charge in [-0.05, 0) is 96.9 Å². The van der Waals surface area contributed by atoms with Gasteiger partial charge in [0.1, 0.15) is 0 Å². The fraction of sp³-hybridized carbons (Fsp3) is 0.793. The number of carbonyl (C=O) groups excluding carboxylic acids is 2. The van der Waals surface area contributed by atoms with Crippen molar-refractivity contribution in [3.63, 3.8) is 0 Å². The van der Waals surface area contributed by atoms with Gasteiger partial charge in [-0.1, -0.05) is 53.7 Å². The van der Waals surface area contributed by atoms with Crippen molar-refractivity contribution in [2.45, 2.75) is 92.9 Å². The smallest absolute Gasteiger partial charge is 0.159 e. The maximum atomic E-state index is 13.2. The standard InChI is InChI=1S/C29H44O2/c1-7-20(18(2)3)9-8-19(4)23-10-11-24-22-17-27(31)26-16-21(30)12-14-29(26,6)25(22)13-15-28(23,24)5/h8-9,16,18-20,22-25H,7,10-15,17H2,1-6H3/b9-8+/t19-,20?,22+,23-,24+,25+,28-,29-/m1/s1. The Labute approximate surface area is 190 Å². The first-order chi connectivity index (χ1) is 14.6. The first-order valence-electron chi connectivity index (χ1n) is 13.1. The maximum absolute atomic E-state index is 13.2. The summed E-state index contributed by atoms with van der Waals surface area (Å²) >= 11 is 0. The van der Waals surface area contributed by atoms with Gasteiger partial charge in [-0.15, -0.1) is 0 Å². The molecule has 4 aliphatic rings. The summed E-state index contributed by atoms with van der Waals surface area (Å²) < 4.78 is 0. The summed E-state index contributed by atoms with van der Waals surface area (Å²) in [6.45, 7) is 14.3. The van der Waals surface area contributed by atoms with Crippen molar-refractivity contribution in [1.29, 1.82) is 0 Å². The molecule has 31 heavy (non-hydrogen) atoms. The summed E-state index contributed by atoms with van der Waals surface area (Å²) in [5.74, 6) is 4.92. The van der Waals surface area contributed by atoms with Crippen LogP contribution in [0.5, 0.6) is 0 Å². The van der Waals surface area contributed by atoms with E-state index in [2.05, 4.69) is 53.7 Å².